The van der Waals surface area contributed by atoms with Gasteiger partial charge in [0, 0.05) is 24.3 Å². The SMILES string of the molecule is Cc1ccc(NC(=O)C2CCCN(C(=O)c3ccc(C(F)(F)F)c(C(F)(F)F)c3)C2)cc1. The number of halogens is 6. The molecule has 0 bridgehead atoms. The van der Waals surface area contributed by atoms with Crippen LogP contribution in [0.5, 0.6) is 0 Å². The molecule has 2 amide bonds. The van der Waals surface area contributed by atoms with Gasteiger partial charge in [0.1, 0.15) is 0 Å². The zero-order valence-corrected chi connectivity index (χ0v) is 17.0. The molecule has 0 aromatic heterocycles. The molecule has 1 atom stereocenters. The molecular weight excluding hydrogens is 438 g/mol. The molecular formula is C22H20F6N2O2. The molecule has 2 aromatic carbocycles. The third kappa shape index (κ3) is 5.41. The van der Waals surface area contributed by atoms with Gasteiger partial charge in [-0.2, -0.15) is 26.3 Å². The number of amides is 2. The van der Waals surface area contributed by atoms with Crippen molar-refractivity contribution in [2.24, 2.45) is 5.92 Å². The molecule has 1 heterocycles. The minimum absolute atomic E-state index is 0.0428. The number of nitrogens with one attached hydrogen (secondary N) is 1. The number of carbonyl (C=O) groups excluding carboxylic acids is 2. The van der Waals surface area contributed by atoms with Crippen LogP contribution in [0.1, 0.15) is 39.9 Å². The van der Waals surface area contributed by atoms with Gasteiger partial charge in [-0.3, -0.25) is 9.59 Å². The summed E-state index contributed by atoms with van der Waals surface area (Å²) in [5.41, 5.74) is -2.70. The Morgan fingerprint density at radius 3 is 2.16 bits per heavy atom. The van der Waals surface area contributed by atoms with Crippen LogP contribution in [0.25, 0.3) is 0 Å². The first-order valence-electron chi connectivity index (χ1n) is 9.81. The van der Waals surface area contributed by atoms with Crippen LogP contribution in [0.3, 0.4) is 0 Å². The standard InChI is InChI=1S/C22H20F6N2O2/c1-13-4-7-16(8-5-13)29-19(31)15-3-2-10-30(12-15)20(32)14-6-9-17(21(23,24)25)18(11-14)22(26,27)28/h4-9,11,15H,2-3,10,12H2,1H3,(H,29,31). The fraction of sp³-hybridized carbons (Fsp3) is 0.364. The summed E-state index contributed by atoms with van der Waals surface area (Å²) in [5.74, 6) is -1.78. The normalized spacial score (nSPS) is 17.2. The maximum Gasteiger partial charge on any atom is 0.417 e. The Balaban J connectivity index is 1.77. The molecule has 1 N–H and O–H groups in total. The van der Waals surface area contributed by atoms with E-state index in [1.807, 2.05) is 19.1 Å². The lowest BCUT2D eigenvalue weighted by atomic mass is 9.95. The number of nitrogens with zero attached hydrogens (tertiary/aromatic N) is 1. The number of likely N-dealkylation sites (tertiary alicyclic amines) is 1. The Labute approximate surface area is 180 Å². The predicted molar refractivity (Wildman–Crippen MR) is 105 cm³/mol. The van der Waals surface area contributed by atoms with Crippen LogP contribution in [0.15, 0.2) is 42.5 Å². The minimum atomic E-state index is -5.28. The Kier molecular flexibility index (Phi) is 6.52. The van der Waals surface area contributed by atoms with Crippen molar-refractivity contribution in [3.05, 3.63) is 64.7 Å². The van der Waals surface area contributed by atoms with E-state index in [4.69, 9.17) is 0 Å². The van der Waals surface area contributed by atoms with E-state index in [1.165, 1.54) is 4.90 Å². The van der Waals surface area contributed by atoms with Crippen molar-refractivity contribution >= 4 is 17.5 Å². The fourth-order valence-corrected chi connectivity index (χ4v) is 3.60. The molecule has 0 aliphatic carbocycles. The van der Waals surface area contributed by atoms with Gasteiger partial charge in [0.25, 0.3) is 5.91 Å². The van der Waals surface area contributed by atoms with Gasteiger partial charge in [0.05, 0.1) is 17.0 Å². The molecule has 1 aliphatic rings. The number of rotatable bonds is 3. The third-order valence-electron chi connectivity index (χ3n) is 5.28. The van der Waals surface area contributed by atoms with Crippen molar-refractivity contribution in [3.63, 3.8) is 0 Å². The van der Waals surface area contributed by atoms with Gasteiger partial charge in [-0.1, -0.05) is 17.7 Å². The highest BCUT2D eigenvalue weighted by molar-refractivity contribution is 5.96. The lowest BCUT2D eigenvalue weighted by Gasteiger charge is -2.32. The van der Waals surface area contributed by atoms with E-state index in [-0.39, 0.29) is 31.1 Å². The van der Waals surface area contributed by atoms with Crippen molar-refractivity contribution in [1.29, 1.82) is 0 Å². The van der Waals surface area contributed by atoms with E-state index >= 15 is 0 Å². The topological polar surface area (TPSA) is 49.4 Å². The maximum absolute atomic E-state index is 13.2. The minimum Gasteiger partial charge on any atom is -0.338 e. The van der Waals surface area contributed by atoms with Crippen LogP contribution < -0.4 is 5.32 Å². The highest BCUT2D eigenvalue weighted by atomic mass is 19.4. The summed E-state index contributed by atoms with van der Waals surface area (Å²) in [6, 6.07) is 8.29. The summed E-state index contributed by atoms with van der Waals surface area (Å²) in [6.07, 6.45) is -9.58. The molecule has 172 valence electrons. The Morgan fingerprint density at radius 1 is 0.938 bits per heavy atom. The van der Waals surface area contributed by atoms with Crippen molar-refractivity contribution in [3.8, 4) is 0 Å². The van der Waals surface area contributed by atoms with Gasteiger partial charge in [-0.15, -0.1) is 0 Å². The van der Waals surface area contributed by atoms with Crippen LogP contribution in [-0.2, 0) is 17.1 Å². The molecule has 0 radical (unpaired) electrons. The highest BCUT2D eigenvalue weighted by Gasteiger charge is 2.43. The van der Waals surface area contributed by atoms with Crippen LogP contribution in [0, 0.1) is 12.8 Å². The zero-order valence-electron chi connectivity index (χ0n) is 17.0. The lowest BCUT2D eigenvalue weighted by molar-refractivity contribution is -0.162. The molecule has 1 saturated heterocycles. The largest absolute Gasteiger partial charge is 0.417 e. The van der Waals surface area contributed by atoms with Crippen LogP contribution >= 0.6 is 0 Å². The number of carbonyl (C=O) groups is 2. The number of hydrogen-bond acceptors (Lipinski definition) is 2. The molecule has 1 fully saturated rings. The van der Waals surface area contributed by atoms with Crippen LogP contribution in [-0.4, -0.2) is 29.8 Å². The molecule has 1 aliphatic heterocycles. The van der Waals surface area contributed by atoms with E-state index in [0.29, 0.717) is 18.5 Å². The van der Waals surface area contributed by atoms with E-state index in [1.54, 1.807) is 12.1 Å². The number of piperidine rings is 1. The van der Waals surface area contributed by atoms with Crippen molar-refractivity contribution in [2.75, 3.05) is 18.4 Å². The molecule has 4 nitrogen and oxygen atoms in total. The van der Waals surface area contributed by atoms with Crippen molar-refractivity contribution < 1.29 is 35.9 Å². The average Bonchev–Trinajstić information content (AvgIpc) is 2.73. The number of hydrogen-bond donors (Lipinski definition) is 1. The number of anilines is 1. The Morgan fingerprint density at radius 2 is 1.56 bits per heavy atom. The van der Waals surface area contributed by atoms with E-state index in [9.17, 15) is 35.9 Å². The van der Waals surface area contributed by atoms with Gasteiger partial charge < -0.3 is 10.2 Å². The second kappa shape index (κ2) is 8.84. The van der Waals surface area contributed by atoms with Crippen molar-refractivity contribution in [1.82, 2.24) is 4.90 Å². The van der Waals surface area contributed by atoms with E-state index in [2.05, 4.69) is 5.32 Å². The summed E-state index contributed by atoms with van der Waals surface area (Å²) >= 11 is 0. The molecule has 32 heavy (non-hydrogen) atoms. The first-order valence-corrected chi connectivity index (χ1v) is 9.81. The molecule has 10 heteroatoms. The Hall–Kier alpha value is -3.04. The smallest absolute Gasteiger partial charge is 0.338 e. The van der Waals surface area contributed by atoms with Gasteiger partial charge >= 0.3 is 12.4 Å². The monoisotopic (exact) mass is 458 g/mol. The van der Waals surface area contributed by atoms with E-state index < -0.39 is 40.9 Å². The lowest BCUT2D eigenvalue weighted by Crippen LogP contribution is -2.43. The number of alkyl halides is 6. The second-order valence-electron chi connectivity index (χ2n) is 7.70. The zero-order chi connectivity index (χ0) is 23.7. The predicted octanol–water partition coefficient (Wildman–Crippen LogP) is 5.52. The fourth-order valence-electron chi connectivity index (χ4n) is 3.60. The maximum atomic E-state index is 13.2. The molecule has 2 aromatic rings. The molecule has 0 saturated carbocycles. The summed E-state index contributed by atoms with van der Waals surface area (Å²) in [7, 11) is 0. The molecule has 3 rings (SSSR count). The van der Waals surface area contributed by atoms with Gasteiger partial charge in [0.15, 0.2) is 0 Å². The highest BCUT2D eigenvalue weighted by Crippen LogP contribution is 2.40. The first kappa shape index (κ1) is 23.6. The van der Waals surface area contributed by atoms with Gasteiger partial charge in [-0.25, -0.2) is 0 Å². The number of benzene rings is 2. The summed E-state index contributed by atoms with van der Waals surface area (Å²) in [4.78, 5) is 26.5. The summed E-state index contributed by atoms with van der Waals surface area (Å²) < 4.78 is 78.5. The van der Waals surface area contributed by atoms with E-state index in [0.717, 1.165) is 11.6 Å². The third-order valence-corrected chi connectivity index (χ3v) is 5.28. The number of aryl methyl sites for hydroxylation is 1. The first-order chi connectivity index (χ1) is 14.9. The molecule has 1 unspecified atom stereocenters. The Bertz CT molecular complexity index is 999. The molecule has 0 spiro atoms. The van der Waals surface area contributed by atoms with Crippen molar-refractivity contribution in [2.45, 2.75) is 32.1 Å². The quantitative estimate of drug-likeness (QED) is 0.616. The average molecular weight is 458 g/mol. The van der Waals surface area contributed by atoms with Crippen LogP contribution in [0.4, 0.5) is 32.0 Å². The second-order valence-corrected chi connectivity index (χ2v) is 7.70. The summed E-state index contributed by atoms with van der Waals surface area (Å²) in [5, 5.41) is 2.74. The van der Waals surface area contributed by atoms with Gasteiger partial charge in [-0.05, 0) is 50.1 Å². The summed E-state index contributed by atoms with van der Waals surface area (Å²) in [6.45, 7) is 2.04. The van der Waals surface area contributed by atoms with Gasteiger partial charge in [0.2, 0.25) is 5.91 Å². The van der Waals surface area contributed by atoms with Crippen LogP contribution in [0.2, 0.25) is 0 Å².